The first-order valence-electron chi connectivity index (χ1n) is 9.35. The van der Waals surface area contributed by atoms with Gasteiger partial charge in [0.15, 0.2) is 17.0 Å². The van der Waals surface area contributed by atoms with Gasteiger partial charge in [0, 0.05) is 17.0 Å². The Morgan fingerprint density at radius 1 is 1.30 bits per heavy atom. The molecule has 0 bridgehead atoms. The number of carbonyl (C=O) groups excluding carboxylic acids is 2. The number of thiazole rings is 1. The molecule has 0 radical (unpaired) electrons. The Morgan fingerprint density at radius 3 is 2.67 bits per heavy atom. The Labute approximate surface area is 178 Å². The third-order valence-corrected chi connectivity index (χ3v) is 5.66. The summed E-state index contributed by atoms with van der Waals surface area (Å²) in [5.41, 5.74) is 7.01. The van der Waals surface area contributed by atoms with Crippen LogP contribution in [0.25, 0.3) is 10.9 Å². The van der Waals surface area contributed by atoms with Crippen molar-refractivity contribution in [3.8, 4) is 0 Å². The summed E-state index contributed by atoms with van der Waals surface area (Å²) in [5, 5.41) is 12.7. The zero-order chi connectivity index (χ0) is 22.1. The second kappa shape index (κ2) is 8.65. The van der Waals surface area contributed by atoms with Crippen molar-refractivity contribution in [2.75, 3.05) is 7.11 Å². The van der Waals surface area contributed by atoms with Crippen LogP contribution in [0.1, 0.15) is 46.6 Å². The normalized spacial score (nSPS) is 13.9. The van der Waals surface area contributed by atoms with E-state index in [9.17, 15) is 14.7 Å². The van der Waals surface area contributed by atoms with Crippen LogP contribution in [0, 0.1) is 5.41 Å². The molecule has 3 rings (SSSR count). The lowest BCUT2D eigenvalue weighted by molar-refractivity contribution is -0.151. The van der Waals surface area contributed by atoms with Crippen molar-refractivity contribution in [3.63, 3.8) is 0 Å². The summed E-state index contributed by atoms with van der Waals surface area (Å²) in [6.07, 6.45) is 0.494. The van der Waals surface area contributed by atoms with Crippen LogP contribution in [0.2, 0.25) is 0 Å². The molecule has 1 aromatic carbocycles. The minimum atomic E-state index is -1.16. The first-order chi connectivity index (χ1) is 14.1. The van der Waals surface area contributed by atoms with Gasteiger partial charge in [-0.2, -0.15) is 0 Å². The number of aromatic nitrogens is 2. The van der Waals surface area contributed by atoms with E-state index in [0.717, 1.165) is 22.2 Å². The number of methoxy groups -OCH3 is 1. The predicted octanol–water partition coefficient (Wildman–Crippen LogP) is 2.78. The van der Waals surface area contributed by atoms with Gasteiger partial charge in [0.05, 0.1) is 24.2 Å². The third kappa shape index (κ3) is 4.44. The van der Waals surface area contributed by atoms with E-state index in [-0.39, 0.29) is 28.6 Å². The molecule has 0 saturated carbocycles. The zero-order valence-corrected chi connectivity index (χ0v) is 18.1. The fourth-order valence-electron chi connectivity index (χ4n) is 2.91. The molecule has 2 heterocycles. The Morgan fingerprint density at radius 2 is 2.00 bits per heavy atom. The smallest absolute Gasteiger partial charge is 0.357 e. The number of esters is 1. The van der Waals surface area contributed by atoms with E-state index in [1.807, 2.05) is 45.0 Å². The molecule has 0 fully saturated rings. The number of aliphatic hydroxyl groups is 1. The fourth-order valence-corrected chi connectivity index (χ4v) is 3.65. The van der Waals surface area contributed by atoms with Crippen molar-refractivity contribution in [1.29, 1.82) is 0 Å². The molecule has 3 N–H and O–H groups in total. The quantitative estimate of drug-likeness (QED) is 0.336. The number of nitrogens with zero attached hydrogens (tertiary/aromatic N) is 2. The number of ketones is 1. The van der Waals surface area contributed by atoms with Crippen molar-refractivity contribution >= 4 is 34.0 Å². The number of hydrogen-bond acceptors (Lipinski definition) is 8. The minimum Gasteiger partial charge on any atom is -0.464 e. The Balaban J connectivity index is 1.88. The van der Waals surface area contributed by atoms with Crippen molar-refractivity contribution < 1.29 is 24.2 Å². The molecule has 8 nitrogen and oxygen atoms in total. The lowest BCUT2D eigenvalue weighted by atomic mass is 9.87. The van der Waals surface area contributed by atoms with Crippen molar-refractivity contribution in [2.45, 2.75) is 39.8 Å². The maximum Gasteiger partial charge on any atom is 0.357 e. The fraction of sp³-hybridized carbons (Fsp3) is 0.381. The number of benzene rings is 1. The van der Waals surface area contributed by atoms with Crippen LogP contribution < -0.4 is 5.73 Å². The molecule has 2 atom stereocenters. The first kappa shape index (κ1) is 22.1. The van der Waals surface area contributed by atoms with Crippen LogP contribution in [0.3, 0.4) is 0 Å². The average Bonchev–Trinajstić information content (AvgIpc) is 3.35. The maximum atomic E-state index is 13.0. The number of hydrogen-bond donors (Lipinski definition) is 2. The second-order valence-electron chi connectivity index (χ2n) is 7.97. The van der Waals surface area contributed by atoms with E-state index >= 15 is 0 Å². The van der Waals surface area contributed by atoms with Gasteiger partial charge in [-0.25, -0.2) is 9.78 Å². The summed E-state index contributed by atoms with van der Waals surface area (Å²) in [6.45, 7) is 5.78. The van der Waals surface area contributed by atoms with Crippen molar-refractivity contribution in [3.05, 3.63) is 52.1 Å². The molecule has 160 valence electrons. The summed E-state index contributed by atoms with van der Waals surface area (Å²) in [4.78, 5) is 28.8. The summed E-state index contributed by atoms with van der Waals surface area (Å²) < 4.78 is 12.0. The van der Waals surface area contributed by atoms with E-state index < -0.39 is 18.3 Å². The predicted molar refractivity (Wildman–Crippen MR) is 113 cm³/mol. The SMILES string of the molecule is COC(=O)c1csc(C(=O)c2cn(COC(O)C(N)C(C)(C)C)c3ccccc23)n1. The van der Waals surface area contributed by atoms with Gasteiger partial charge < -0.3 is 24.9 Å². The molecule has 0 aliphatic heterocycles. The molecule has 0 aliphatic carbocycles. The van der Waals surface area contributed by atoms with Gasteiger partial charge in [0.2, 0.25) is 5.78 Å². The highest BCUT2D eigenvalue weighted by molar-refractivity contribution is 7.12. The highest BCUT2D eigenvalue weighted by atomic mass is 32.1. The number of rotatable bonds is 7. The third-order valence-electron chi connectivity index (χ3n) is 4.82. The lowest BCUT2D eigenvalue weighted by Crippen LogP contribution is -2.46. The number of nitrogens with two attached hydrogens (primary N) is 1. The molecule has 0 amide bonds. The molecule has 30 heavy (non-hydrogen) atoms. The van der Waals surface area contributed by atoms with E-state index in [1.165, 1.54) is 12.5 Å². The van der Waals surface area contributed by atoms with Crippen LogP contribution in [0.15, 0.2) is 35.8 Å². The van der Waals surface area contributed by atoms with Crippen LogP contribution in [0.5, 0.6) is 0 Å². The first-order valence-corrected chi connectivity index (χ1v) is 10.2. The molecule has 9 heteroatoms. The number of aliphatic hydroxyl groups excluding tert-OH is 1. The van der Waals surface area contributed by atoms with E-state index in [0.29, 0.717) is 5.56 Å². The zero-order valence-electron chi connectivity index (χ0n) is 17.3. The largest absolute Gasteiger partial charge is 0.464 e. The molecule has 2 unspecified atom stereocenters. The Kier molecular flexibility index (Phi) is 6.37. The molecular weight excluding hydrogens is 406 g/mol. The van der Waals surface area contributed by atoms with Crippen LogP contribution in [0.4, 0.5) is 0 Å². The van der Waals surface area contributed by atoms with Gasteiger partial charge >= 0.3 is 5.97 Å². The van der Waals surface area contributed by atoms with Gasteiger partial charge in [-0.1, -0.05) is 39.0 Å². The van der Waals surface area contributed by atoms with E-state index in [1.54, 1.807) is 10.8 Å². The highest BCUT2D eigenvalue weighted by Gasteiger charge is 2.28. The number of carbonyl (C=O) groups is 2. The van der Waals surface area contributed by atoms with Crippen molar-refractivity contribution in [1.82, 2.24) is 9.55 Å². The van der Waals surface area contributed by atoms with Crippen LogP contribution in [-0.2, 0) is 16.2 Å². The van der Waals surface area contributed by atoms with Gasteiger partial charge in [-0.15, -0.1) is 11.3 Å². The highest BCUT2D eigenvalue weighted by Crippen LogP contribution is 2.26. The van der Waals surface area contributed by atoms with Gasteiger partial charge in [0.25, 0.3) is 0 Å². The summed E-state index contributed by atoms with van der Waals surface area (Å²) in [7, 11) is 1.26. The number of fused-ring (bicyclic) bond motifs is 1. The van der Waals surface area contributed by atoms with Crippen LogP contribution in [-0.4, -0.2) is 45.9 Å². The summed E-state index contributed by atoms with van der Waals surface area (Å²) in [6, 6.07) is 6.78. The Hall–Kier alpha value is -2.59. The molecule has 0 saturated heterocycles. The van der Waals surface area contributed by atoms with Gasteiger partial charge in [-0.05, 0) is 11.5 Å². The van der Waals surface area contributed by atoms with E-state index in [4.69, 9.17) is 10.5 Å². The second-order valence-corrected chi connectivity index (χ2v) is 8.82. The van der Waals surface area contributed by atoms with Gasteiger partial charge in [-0.3, -0.25) is 4.79 Å². The van der Waals surface area contributed by atoms with Gasteiger partial charge in [0.1, 0.15) is 6.73 Å². The number of para-hydroxylation sites is 1. The molecule has 0 spiro atoms. The molecule has 0 aliphatic rings. The minimum absolute atomic E-state index is 0.0179. The maximum absolute atomic E-state index is 13.0. The van der Waals surface area contributed by atoms with E-state index in [2.05, 4.69) is 9.72 Å². The molecule has 2 aromatic heterocycles. The van der Waals surface area contributed by atoms with Crippen LogP contribution >= 0.6 is 11.3 Å². The Bertz CT molecular complexity index is 1070. The number of ether oxygens (including phenoxy) is 2. The molecular formula is C21H25N3O5S. The average molecular weight is 432 g/mol. The monoisotopic (exact) mass is 431 g/mol. The van der Waals surface area contributed by atoms with Crippen molar-refractivity contribution in [2.24, 2.45) is 11.1 Å². The summed E-state index contributed by atoms with van der Waals surface area (Å²) >= 11 is 1.08. The molecule has 3 aromatic rings. The lowest BCUT2D eigenvalue weighted by Gasteiger charge is -2.30. The topological polar surface area (TPSA) is 117 Å². The standard InChI is InChI=1S/C21H25N3O5S/c1-21(2,3)17(22)20(27)29-11-24-9-13(12-7-5-6-8-15(12)24)16(25)18-23-14(10-30-18)19(26)28-4/h5-10,17,20,27H,11,22H2,1-4H3. The summed E-state index contributed by atoms with van der Waals surface area (Å²) in [5.74, 6) is -0.901.